The molecule has 1 aromatic carbocycles. The summed E-state index contributed by atoms with van der Waals surface area (Å²) in [4.78, 5) is 26.5. The number of halogens is 2. The van der Waals surface area contributed by atoms with Crippen molar-refractivity contribution in [3.8, 4) is 11.1 Å². The molecule has 1 amide bonds. The summed E-state index contributed by atoms with van der Waals surface area (Å²) in [6.45, 7) is 2.12. The predicted molar refractivity (Wildman–Crippen MR) is 120 cm³/mol. The number of aliphatic carboxylic acids is 1. The van der Waals surface area contributed by atoms with Crippen LogP contribution < -0.4 is 0 Å². The number of alkyl halides is 2. The normalized spacial score (nSPS) is 22.6. The second kappa shape index (κ2) is 8.79. The van der Waals surface area contributed by atoms with Crippen LogP contribution in [-0.4, -0.2) is 63.7 Å². The third-order valence-corrected chi connectivity index (χ3v) is 6.78. The molecule has 2 atom stereocenters. The summed E-state index contributed by atoms with van der Waals surface area (Å²) < 4.78 is 35.1. The molecule has 1 N–H and O–H groups in total. The molecule has 2 fully saturated rings. The Hall–Kier alpha value is -3.33. The van der Waals surface area contributed by atoms with Crippen LogP contribution in [0.15, 0.2) is 48.7 Å². The quantitative estimate of drug-likeness (QED) is 0.623. The molecule has 1 aliphatic carbocycles. The zero-order valence-electron chi connectivity index (χ0n) is 18.5. The summed E-state index contributed by atoms with van der Waals surface area (Å²) >= 11 is 0. The molecule has 3 heterocycles. The summed E-state index contributed by atoms with van der Waals surface area (Å²) in [6, 6.07) is 12.6. The van der Waals surface area contributed by atoms with Gasteiger partial charge in [-0.3, -0.25) is 9.59 Å². The average molecular weight is 469 g/mol. The van der Waals surface area contributed by atoms with Gasteiger partial charge in [0.05, 0.1) is 30.3 Å². The average Bonchev–Trinajstić information content (AvgIpc) is 3.23. The van der Waals surface area contributed by atoms with E-state index in [1.807, 2.05) is 24.3 Å². The number of hydrogen-bond acceptors (Lipinski definition) is 4. The Morgan fingerprint density at radius 1 is 1.09 bits per heavy atom. The fraction of sp³-hybridized carbons (Fsp3) is 0.400. The first kappa shape index (κ1) is 22.5. The molecule has 9 heteroatoms. The molecule has 0 spiro atoms. The summed E-state index contributed by atoms with van der Waals surface area (Å²) in [5.41, 5.74) is 3.28. The Labute approximate surface area is 194 Å². The number of carboxylic acids is 1. The van der Waals surface area contributed by atoms with Gasteiger partial charge in [0, 0.05) is 49.2 Å². The minimum atomic E-state index is -3.00. The van der Waals surface area contributed by atoms with E-state index in [4.69, 9.17) is 4.74 Å². The molecule has 0 bridgehead atoms. The molecule has 1 saturated heterocycles. The lowest BCUT2D eigenvalue weighted by molar-refractivity contribution is -0.150. The van der Waals surface area contributed by atoms with Crippen LogP contribution in [0, 0.1) is 5.92 Å². The Morgan fingerprint density at radius 2 is 1.82 bits per heavy atom. The lowest BCUT2D eigenvalue weighted by Crippen LogP contribution is -2.40. The molecular weight excluding hydrogens is 444 g/mol. The molecule has 178 valence electrons. The summed E-state index contributed by atoms with van der Waals surface area (Å²) in [5, 5.41) is 14.4. The van der Waals surface area contributed by atoms with Crippen LogP contribution in [0.3, 0.4) is 0 Å². The van der Waals surface area contributed by atoms with Crippen LogP contribution in [0.2, 0.25) is 0 Å². The van der Waals surface area contributed by atoms with Crippen LogP contribution in [0.1, 0.15) is 41.2 Å². The molecule has 2 aliphatic rings. The highest BCUT2D eigenvalue weighted by molar-refractivity contribution is 5.95. The number of pyridine rings is 1. The van der Waals surface area contributed by atoms with Crippen molar-refractivity contribution >= 4 is 17.4 Å². The zero-order chi connectivity index (χ0) is 23.9. The van der Waals surface area contributed by atoms with Gasteiger partial charge in [-0.2, -0.15) is 5.10 Å². The highest BCUT2D eigenvalue weighted by Crippen LogP contribution is 2.47. The molecule has 0 radical (unpaired) electrons. The van der Waals surface area contributed by atoms with Gasteiger partial charge in [-0.1, -0.05) is 18.2 Å². The van der Waals surface area contributed by atoms with E-state index < -0.39 is 30.1 Å². The van der Waals surface area contributed by atoms with Gasteiger partial charge in [0.1, 0.15) is 0 Å². The fourth-order valence-electron chi connectivity index (χ4n) is 5.02. The Bertz CT molecular complexity index is 1220. The molecule has 3 aromatic rings. The van der Waals surface area contributed by atoms with Crippen molar-refractivity contribution in [3.05, 3.63) is 59.9 Å². The second-order valence-corrected chi connectivity index (χ2v) is 8.92. The number of carbonyl (C=O) groups is 2. The minimum Gasteiger partial charge on any atom is -0.481 e. The molecule has 7 nitrogen and oxygen atoms in total. The molecule has 5 rings (SSSR count). The summed E-state index contributed by atoms with van der Waals surface area (Å²) in [7, 11) is 0. The number of nitrogens with zero attached hydrogens (tertiary/aromatic N) is 3. The molecule has 34 heavy (non-hydrogen) atoms. The second-order valence-electron chi connectivity index (χ2n) is 8.92. The minimum absolute atomic E-state index is 0.0362. The van der Waals surface area contributed by atoms with Gasteiger partial charge < -0.3 is 14.7 Å². The number of rotatable bonds is 4. The standard InChI is InChI=1S/C25H25F2N3O4/c26-25(27)9-8-18(19(15-25)24(32)33)22-21(20-3-1-2-10-30(20)28-22)16-4-6-17(7-5-16)23(31)29-11-13-34-14-12-29/h1-7,10,18-19H,8-9,11-15H2,(H,32,33). The number of fused-ring (bicyclic) bond motifs is 1. The Kier molecular flexibility index (Phi) is 5.81. The third-order valence-electron chi connectivity index (χ3n) is 6.78. The number of hydrogen-bond donors (Lipinski definition) is 1. The molecule has 1 aliphatic heterocycles. The molecule has 1 saturated carbocycles. The summed E-state index contributed by atoms with van der Waals surface area (Å²) in [5.74, 6) is -6.18. The van der Waals surface area contributed by atoms with E-state index in [1.54, 1.807) is 33.8 Å². The van der Waals surface area contributed by atoms with E-state index in [0.717, 1.165) is 11.1 Å². The lowest BCUT2D eigenvalue weighted by atomic mass is 9.74. The third kappa shape index (κ3) is 4.16. The van der Waals surface area contributed by atoms with E-state index in [0.29, 0.717) is 43.1 Å². The van der Waals surface area contributed by atoms with E-state index in [1.165, 1.54) is 0 Å². The fourth-order valence-corrected chi connectivity index (χ4v) is 5.02. The zero-order valence-corrected chi connectivity index (χ0v) is 18.5. The number of carbonyl (C=O) groups excluding carboxylic acids is 1. The van der Waals surface area contributed by atoms with Gasteiger partial charge in [-0.25, -0.2) is 13.3 Å². The summed E-state index contributed by atoms with van der Waals surface area (Å²) in [6.07, 6.45) is 0.718. The van der Waals surface area contributed by atoms with Crippen molar-refractivity contribution < 1.29 is 28.2 Å². The predicted octanol–water partition coefficient (Wildman–Crippen LogP) is 4.08. The topological polar surface area (TPSA) is 84.1 Å². The number of amides is 1. The van der Waals surface area contributed by atoms with Crippen LogP contribution in [-0.2, 0) is 9.53 Å². The monoisotopic (exact) mass is 469 g/mol. The lowest BCUT2D eigenvalue weighted by Gasteiger charge is -2.33. The molecular formula is C25H25F2N3O4. The van der Waals surface area contributed by atoms with E-state index in [2.05, 4.69) is 5.10 Å². The Balaban J connectivity index is 1.54. The largest absolute Gasteiger partial charge is 0.481 e. The van der Waals surface area contributed by atoms with Gasteiger partial charge in [0.2, 0.25) is 5.92 Å². The number of aromatic nitrogens is 2. The van der Waals surface area contributed by atoms with Gasteiger partial charge >= 0.3 is 5.97 Å². The maximum atomic E-state index is 14.1. The van der Waals surface area contributed by atoms with Crippen molar-refractivity contribution in [2.45, 2.75) is 31.1 Å². The van der Waals surface area contributed by atoms with Gasteiger partial charge in [-0.15, -0.1) is 0 Å². The SMILES string of the molecule is O=C(O)C1CC(F)(F)CCC1c1nn2ccccc2c1-c1ccc(C(=O)N2CCOCC2)cc1. The van der Waals surface area contributed by atoms with Crippen molar-refractivity contribution in [1.82, 2.24) is 14.5 Å². The highest BCUT2D eigenvalue weighted by Gasteiger charge is 2.46. The van der Waals surface area contributed by atoms with Crippen LogP contribution in [0.4, 0.5) is 8.78 Å². The van der Waals surface area contributed by atoms with Gasteiger partial charge in [0.15, 0.2) is 0 Å². The maximum absolute atomic E-state index is 14.1. The first-order valence-corrected chi connectivity index (χ1v) is 11.4. The van der Waals surface area contributed by atoms with E-state index in [9.17, 15) is 23.5 Å². The first-order valence-electron chi connectivity index (χ1n) is 11.4. The first-order chi connectivity index (χ1) is 16.3. The highest BCUT2D eigenvalue weighted by atomic mass is 19.3. The van der Waals surface area contributed by atoms with Crippen LogP contribution in [0.5, 0.6) is 0 Å². The number of benzene rings is 1. The van der Waals surface area contributed by atoms with E-state index in [-0.39, 0.29) is 18.7 Å². The van der Waals surface area contributed by atoms with Crippen molar-refractivity contribution in [2.24, 2.45) is 5.92 Å². The Morgan fingerprint density at radius 3 is 2.53 bits per heavy atom. The molecule has 2 aromatic heterocycles. The smallest absolute Gasteiger partial charge is 0.307 e. The van der Waals surface area contributed by atoms with E-state index >= 15 is 0 Å². The van der Waals surface area contributed by atoms with Crippen molar-refractivity contribution in [1.29, 1.82) is 0 Å². The number of ether oxygens (including phenoxy) is 1. The number of morpholine rings is 1. The number of carboxylic acid groups (broad SMARTS) is 1. The maximum Gasteiger partial charge on any atom is 0.307 e. The van der Waals surface area contributed by atoms with Gasteiger partial charge in [0.25, 0.3) is 5.91 Å². The molecule has 2 unspecified atom stereocenters. The van der Waals surface area contributed by atoms with Gasteiger partial charge in [-0.05, 0) is 36.2 Å². The van der Waals surface area contributed by atoms with Crippen LogP contribution in [0.25, 0.3) is 16.6 Å². The van der Waals surface area contributed by atoms with Crippen molar-refractivity contribution in [3.63, 3.8) is 0 Å². The van der Waals surface area contributed by atoms with Crippen molar-refractivity contribution in [2.75, 3.05) is 26.3 Å². The van der Waals surface area contributed by atoms with Crippen LogP contribution >= 0.6 is 0 Å².